The minimum Gasteiger partial charge on any atom is -0.369 e. The third-order valence-electron chi connectivity index (χ3n) is 7.44. The molecule has 3 fully saturated rings. The van der Waals surface area contributed by atoms with Crippen LogP contribution in [0.15, 0.2) is 47.7 Å². The summed E-state index contributed by atoms with van der Waals surface area (Å²) in [6, 6.07) is 0.619. The van der Waals surface area contributed by atoms with Crippen molar-refractivity contribution >= 4 is 0 Å². The van der Waals surface area contributed by atoms with E-state index in [9.17, 15) is 0 Å². The van der Waals surface area contributed by atoms with Gasteiger partial charge in [-0.25, -0.2) is 0 Å². The fraction of sp³-hybridized carbons (Fsp3) is 0.652. The lowest BCUT2D eigenvalue weighted by Gasteiger charge is -2.40. The van der Waals surface area contributed by atoms with E-state index in [1.54, 1.807) is 5.57 Å². The Labute approximate surface area is 158 Å². The minimum atomic E-state index is 0.538. The maximum Gasteiger partial charge on any atom is 0.0323 e. The predicted molar refractivity (Wildman–Crippen MR) is 108 cm³/mol. The fourth-order valence-electron chi connectivity index (χ4n) is 5.67. The van der Waals surface area contributed by atoms with Crippen LogP contribution in [0.3, 0.4) is 0 Å². The lowest BCUT2D eigenvalue weighted by atomic mass is 9.88. The summed E-state index contributed by atoms with van der Waals surface area (Å²) in [5.74, 6) is 0.940. The molecule has 3 unspecified atom stereocenters. The summed E-state index contributed by atoms with van der Waals surface area (Å²) in [6.07, 6.45) is 19.7. The van der Waals surface area contributed by atoms with Crippen LogP contribution < -0.4 is 0 Å². The van der Waals surface area contributed by atoms with Crippen LogP contribution in [0.5, 0.6) is 0 Å². The smallest absolute Gasteiger partial charge is 0.0323 e. The second-order valence-electron chi connectivity index (χ2n) is 8.84. The van der Waals surface area contributed by atoms with Gasteiger partial charge in [0, 0.05) is 56.4 Å². The molecule has 0 aromatic rings. The number of piperidine rings is 1. The van der Waals surface area contributed by atoms with Crippen LogP contribution in [0.2, 0.25) is 0 Å². The molecule has 2 saturated heterocycles. The van der Waals surface area contributed by atoms with Crippen molar-refractivity contribution in [2.75, 3.05) is 45.8 Å². The van der Waals surface area contributed by atoms with Gasteiger partial charge >= 0.3 is 0 Å². The van der Waals surface area contributed by atoms with Gasteiger partial charge in [-0.1, -0.05) is 37.3 Å². The van der Waals surface area contributed by atoms with Crippen LogP contribution in [0, 0.1) is 11.3 Å². The topological polar surface area (TPSA) is 9.72 Å². The van der Waals surface area contributed by atoms with E-state index in [2.05, 4.69) is 58.1 Å². The highest BCUT2D eigenvalue weighted by atomic mass is 15.3. The molecular formula is C23H33N3. The summed E-state index contributed by atoms with van der Waals surface area (Å²) in [7, 11) is 0. The molecule has 1 saturated carbocycles. The third-order valence-corrected chi connectivity index (χ3v) is 7.44. The Hall–Kier alpha value is -1.32. The largest absolute Gasteiger partial charge is 0.369 e. The van der Waals surface area contributed by atoms with Crippen LogP contribution in [-0.2, 0) is 0 Å². The van der Waals surface area contributed by atoms with Gasteiger partial charge in [0.15, 0.2) is 0 Å². The predicted octanol–water partition coefficient (Wildman–Crippen LogP) is 3.43. The van der Waals surface area contributed by atoms with Gasteiger partial charge in [0.2, 0.25) is 0 Å². The zero-order chi connectivity index (χ0) is 17.6. The number of nitrogens with zero attached hydrogens (tertiary/aromatic N) is 3. The molecule has 0 aromatic carbocycles. The van der Waals surface area contributed by atoms with Gasteiger partial charge in [-0.2, -0.15) is 0 Å². The Morgan fingerprint density at radius 2 is 1.96 bits per heavy atom. The number of allylic oxidation sites excluding steroid dienone is 4. The molecule has 3 atom stereocenters. The monoisotopic (exact) mass is 351 g/mol. The van der Waals surface area contributed by atoms with Crippen LogP contribution in [0.1, 0.15) is 32.6 Å². The Balaban J connectivity index is 1.16. The van der Waals surface area contributed by atoms with Crippen LogP contribution >= 0.6 is 0 Å². The number of piperazine rings is 1. The second-order valence-corrected chi connectivity index (χ2v) is 8.84. The highest BCUT2D eigenvalue weighted by Gasteiger charge is 2.60. The lowest BCUT2D eigenvalue weighted by Crippen LogP contribution is -2.49. The first kappa shape index (κ1) is 16.8. The molecule has 0 aromatic heterocycles. The van der Waals surface area contributed by atoms with Crippen molar-refractivity contribution in [1.29, 1.82) is 0 Å². The van der Waals surface area contributed by atoms with Gasteiger partial charge in [-0.05, 0) is 49.8 Å². The number of hydrogen-bond donors (Lipinski definition) is 0. The average molecular weight is 352 g/mol. The van der Waals surface area contributed by atoms with Gasteiger partial charge in [-0.3, -0.25) is 4.90 Å². The maximum absolute atomic E-state index is 2.70. The summed E-state index contributed by atoms with van der Waals surface area (Å²) in [5.41, 5.74) is 3.65. The zero-order valence-electron chi connectivity index (χ0n) is 16.2. The summed E-state index contributed by atoms with van der Waals surface area (Å²) < 4.78 is 0. The normalized spacial score (nSPS) is 37.5. The molecule has 0 bridgehead atoms. The van der Waals surface area contributed by atoms with Crippen LogP contribution in [0.4, 0.5) is 0 Å². The molecule has 26 heavy (non-hydrogen) atoms. The first-order chi connectivity index (χ1) is 12.8. The van der Waals surface area contributed by atoms with E-state index in [4.69, 9.17) is 0 Å². The number of likely N-dealkylation sites (tertiary alicyclic amines) is 1. The number of rotatable bonds is 4. The SMILES string of the molecule is CCN1CC2CC2(C2=CCC(N3CCN(C4=CCCC=C4)CC3)C=C2)C1. The Morgan fingerprint density at radius 1 is 1.08 bits per heavy atom. The second kappa shape index (κ2) is 6.69. The van der Waals surface area contributed by atoms with Gasteiger partial charge in [0.1, 0.15) is 0 Å². The van der Waals surface area contributed by atoms with E-state index >= 15 is 0 Å². The van der Waals surface area contributed by atoms with E-state index < -0.39 is 0 Å². The molecule has 3 nitrogen and oxygen atoms in total. The molecule has 5 rings (SSSR count). The Bertz CT molecular complexity index is 665. The summed E-state index contributed by atoms with van der Waals surface area (Å²) in [5, 5.41) is 0. The molecule has 3 aliphatic carbocycles. The summed E-state index contributed by atoms with van der Waals surface area (Å²) >= 11 is 0. The van der Waals surface area contributed by atoms with Crippen molar-refractivity contribution in [3.63, 3.8) is 0 Å². The Kier molecular flexibility index (Phi) is 4.33. The van der Waals surface area contributed by atoms with Gasteiger partial charge in [0.25, 0.3) is 0 Å². The standard InChI is InChI=1S/C23H33N3/c1-2-24-17-20-16-23(20,18-24)19-8-10-22(11-9-19)26-14-12-25(13-15-26)21-6-4-3-5-7-21/h4,6-10,20,22H,2-3,5,11-18H2,1H3. The molecule has 0 spiro atoms. The number of fused-ring (bicyclic) bond motifs is 1. The first-order valence-electron chi connectivity index (χ1n) is 10.8. The van der Waals surface area contributed by atoms with Crippen molar-refractivity contribution < 1.29 is 0 Å². The van der Waals surface area contributed by atoms with Crippen molar-refractivity contribution in [2.45, 2.75) is 38.6 Å². The summed E-state index contributed by atoms with van der Waals surface area (Å²) in [6.45, 7) is 10.9. The van der Waals surface area contributed by atoms with Crippen molar-refractivity contribution in [3.8, 4) is 0 Å². The van der Waals surface area contributed by atoms with Crippen molar-refractivity contribution in [1.82, 2.24) is 14.7 Å². The average Bonchev–Trinajstić information content (AvgIpc) is 3.30. The van der Waals surface area contributed by atoms with Gasteiger partial charge < -0.3 is 9.80 Å². The molecule has 0 N–H and O–H groups in total. The third kappa shape index (κ3) is 2.90. The molecular weight excluding hydrogens is 318 g/mol. The van der Waals surface area contributed by atoms with E-state index in [0.29, 0.717) is 11.5 Å². The molecule has 3 heteroatoms. The van der Waals surface area contributed by atoms with E-state index in [0.717, 1.165) is 5.92 Å². The maximum atomic E-state index is 2.70. The molecule has 0 radical (unpaired) electrons. The van der Waals surface area contributed by atoms with Crippen LogP contribution in [0.25, 0.3) is 0 Å². The quantitative estimate of drug-likeness (QED) is 0.768. The van der Waals surface area contributed by atoms with Gasteiger partial charge in [0.05, 0.1) is 0 Å². The highest BCUT2D eigenvalue weighted by molar-refractivity contribution is 5.40. The van der Waals surface area contributed by atoms with E-state index in [1.165, 1.54) is 77.2 Å². The van der Waals surface area contributed by atoms with E-state index in [-0.39, 0.29) is 0 Å². The molecule has 0 amide bonds. The molecule has 5 aliphatic rings. The zero-order valence-corrected chi connectivity index (χ0v) is 16.2. The first-order valence-corrected chi connectivity index (χ1v) is 10.8. The Morgan fingerprint density at radius 3 is 2.62 bits per heavy atom. The molecule has 140 valence electrons. The summed E-state index contributed by atoms with van der Waals surface area (Å²) in [4.78, 5) is 7.91. The van der Waals surface area contributed by atoms with Gasteiger partial charge in [-0.15, -0.1) is 0 Å². The van der Waals surface area contributed by atoms with Crippen molar-refractivity contribution in [2.24, 2.45) is 11.3 Å². The highest BCUT2D eigenvalue weighted by Crippen LogP contribution is 2.62. The van der Waals surface area contributed by atoms with Crippen LogP contribution in [-0.4, -0.2) is 66.6 Å². The molecule has 2 heterocycles. The van der Waals surface area contributed by atoms with E-state index in [1.807, 2.05) is 0 Å². The van der Waals surface area contributed by atoms with Crippen molar-refractivity contribution in [3.05, 3.63) is 47.7 Å². The minimum absolute atomic E-state index is 0.538. The lowest BCUT2D eigenvalue weighted by molar-refractivity contribution is 0.136. The molecule has 2 aliphatic heterocycles. The fourth-order valence-corrected chi connectivity index (χ4v) is 5.67. The number of hydrogen-bond acceptors (Lipinski definition) is 3.